The lowest BCUT2D eigenvalue weighted by Gasteiger charge is -2.26. The minimum Gasteiger partial charge on any atom is -0.480 e. The minimum absolute atomic E-state index is 0.325. The topological polar surface area (TPSA) is 98.7 Å². The standard InChI is InChI=1S/C9H18N2O4/c1-9(2,3)11-6(5-12)8(15)10-4-7(13)14/h6,11-12H,4-5H2,1-3H3,(H,10,15)(H,13,14)/t6-/m1/s1. The predicted molar refractivity (Wildman–Crippen MR) is 54.4 cm³/mol. The normalized spacial score (nSPS) is 13.3. The van der Waals surface area contributed by atoms with Gasteiger partial charge in [-0.2, -0.15) is 0 Å². The van der Waals surface area contributed by atoms with Crippen LogP contribution >= 0.6 is 0 Å². The van der Waals surface area contributed by atoms with Crippen LogP contribution in [0.15, 0.2) is 0 Å². The van der Waals surface area contributed by atoms with E-state index in [1.807, 2.05) is 20.8 Å². The number of carboxylic acid groups (broad SMARTS) is 1. The van der Waals surface area contributed by atoms with Gasteiger partial charge in [-0.1, -0.05) is 0 Å². The van der Waals surface area contributed by atoms with Gasteiger partial charge in [-0.25, -0.2) is 0 Å². The molecule has 0 rings (SSSR count). The molecule has 0 saturated heterocycles. The highest BCUT2D eigenvalue weighted by Gasteiger charge is 2.22. The van der Waals surface area contributed by atoms with Gasteiger partial charge in [-0.05, 0) is 20.8 Å². The molecule has 0 aromatic rings. The molecular formula is C9H18N2O4. The van der Waals surface area contributed by atoms with Gasteiger partial charge in [0.15, 0.2) is 0 Å². The summed E-state index contributed by atoms with van der Waals surface area (Å²) in [6.07, 6.45) is 0. The van der Waals surface area contributed by atoms with E-state index in [0.29, 0.717) is 0 Å². The molecule has 0 aliphatic carbocycles. The van der Waals surface area contributed by atoms with Gasteiger partial charge in [0.2, 0.25) is 5.91 Å². The first-order valence-corrected chi connectivity index (χ1v) is 4.64. The Labute approximate surface area is 88.7 Å². The zero-order valence-electron chi connectivity index (χ0n) is 9.20. The van der Waals surface area contributed by atoms with Crippen LogP contribution < -0.4 is 10.6 Å². The molecule has 15 heavy (non-hydrogen) atoms. The highest BCUT2D eigenvalue weighted by Crippen LogP contribution is 2.00. The molecule has 0 aromatic heterocycles. The second-order valence-electron chi connectivity index (χ2n) is 4.24. The van der Waals surface area contributed by atoms with Crippen molar-refractivity contribution in [3.05, 3.63) is 0 Å². The Morgan fingerprint density at radius 1 is 1.33 bits per heavy atom. The summed E-state index contributed by atoms with van der Waals surface area (Å²) < 4.78 is 0. The highest BCUT2D eigenvalue weighted by molar-refractivity contribution is 5.85. The van der Waals surface area contributed by atoms with Crippen LogP contribution in [0.1, 0.15) is 20.8 Å². The van der Waals surface area contributed by atoms with Crippen LogP contribution in [0, 0.1) is 0 Å². The largest absolute Gasteiger partial charge is 0.480 e. The molecule has 6 heteroatoms. The van der Waals surface area contributed by atoms with Crippen LogP contribution in [0.5, 0.6) is 0 Å². The number of aliphatic carboxylic acids is 1. The van der Waals surface area contributed by atoms with E-state index in [2.05, 4.69) is 10.6 Å². The Morgan fingerprint density at radius 2 is 1.87 bits per heavy atom. The molecular weight excluding hydrogens is 200 g/mol. The Bertz CT molecular complexity index is 235. The second-order valence-corrected chi connectivity index (χ2v) is 4.24. The van der Waals surface area contributed by atoms with Gasteiger partial charge in [0.05, 0.1) is 6.61 Å². The third-order valence-corrected chi connectivity index (χ3v) is 1.52. The summed E-state index contributed by atoms with van der Waals surface area (Å²) in [5.74, 6) is -1.63. The monoisotopic (exact) mass is 218 g/mol. The molecule has 0 spiro atoms. The minimum atomic E-state index is -1.12. The fourth-order valence-electron chi connectivity index (χ4n) is 1.00. The van der Waals surface area contributed by atoms with Crippen molar-refractivity contribution in [1.29, 1.82) is 0 Å². The molecule has 0 aromatic carbocycles. The molecule has 0 radical (unpaired) electrons. The third kappa shape index (κ3) is 6.87. The van der Waals surface area contributed by atoms with Gasteiger partial charge in [0.25, 0.3) is 0 Å². The summed E-state index contributed by atoms with van der Waals surface area (Å²) in [6.45, 7) is 4.73. The van der Waals surface area contributed by atoms with Crippen molar-refractivity contribution in [3.8, 4) is 0 Å². The number of rotatable bonds is 5. The van der Waals surface area contributed by atoms with Crippen molar-refractivity contribution in [1.82, 2.24) is 10.6 Å². The van der Waals surface area contributed by atoms with E-state index in [1.54, 1.807) is 0 Å². The van der Waals surface area contributed by atoms with E-state index in [0.717, 1.165) is 0 Å². The first-order valence-electron chi connectivity index (χ1n) is 4.64. The van der Waals surface area contributed by atoms with Gasteiger partial charge < -0.3 is 15.5 Å². The highest BCUT2D eigenvalue weighted by atomic mass is 16.4. The molecule has 0 aliphatic rings. The molecule has 0 fully saturated rings. The van der Waals surface area contributed by atoms with Crippen LogP contribution in [-0.4, -0.2) is 46.8 Å². The van der Waals surface area contributed by atoms with Crippen molar-refractivity contribution in [2.75, 3.05) is 13.2 Å². The van der Waals surface area contributed by atoms with Gasteiger partial charge in [-0.3, -0.25) is 14.9 Å². The fraction of sp³-hybridized carbons (Fsp3) is 0.778. The Morgan fingerprint density at radius 3 is 2.20 bits per heavy atom. The SMILES string of the molecule is CC(C)(C)N[C@H](CO)C(=O)NCC(=O)O. The fourth-order valence-corrected chi connectivity index (χ4v) is 1.00. The van der Waals surface area contributed by atoms with Crippen molar-refractivity contribution >= 4 is 11.9 Å². The number of hydrogen-bond donors (Lipinski definition) is 4. The summed E-state index contributed by atoms with van der Waals surface area (Å²) in [5.41, 5.74) is -0.325. The number of amides is 1. The number of aliphatic hydroxyl groups excluding tert-OH is 1. The molecule has 88 valence electrons. The first kappa shape index (κ1) is 13.9. The molecule has 6 nitrogen and oxygen atoms in total. The van der Waals surface area contributed by atoms with Gasteiger partial charge in [0, 0.05) is 5.54 Å². The van der Waals surface area contributed by atoms with Crippen LogP contribution in [0.3, 0.4) is 0 Å². The average molecular weight is 218 g/mol. The van der Waals surface area contributed by atoms with Crippen molar-refractivity contribution in [3.63, 3.8) is 0 Å². The maximum absolute atomic E-state index is 11.4. The lowest BCUT2D eigenvalue weighted by Crippen LogP contribution is -2.54. The molecule has 0 bridgehead atoms. The second kappa shape index (κ2) is 5.67. The van der Waals surface area contributed by atoms with Crippen LogP contribution in [0.4, 0.5) is 0 Å². The maximum atomic E-state index is 11.4. The Hall–Kier alpha value is -1.14. The Balaban J connectivity index is 4.17. The molecule has 1 atom stereocenters. The van der Waals surface area contributed by atoms with Crippen LogP contribution in [0.2, 0.25) is 0 Å². The number of aliphatic hydroxyl groups is 1. The van der Waals surface area contributed by atoms with E-state index in [1.165, 1.54) is 0 Å². The van der Waals surface area contributed by atoms with Crippen LogP contribution in [-0.2, 0) is 9.59 Å². The summed E-state index contributed by atoms with van der Waals surface area (Å²) in [7, 11) is 0. The lowest BCUT2D eigenvalue weighted by molar-refractivity contribution is -0.138. The number of carbonyl (C=O) groups is 2. The van der Waals surface area contributed by atoms with Crippen molar-refractivity contribution in [2.45, 2.75) is 32.4 Å². The molecule has 0 unspecified atom stereocenters. The Kier molecular flexibility index (Phi) is 5.24. The molecule has 0 aliphatic heterocycles. The first-order chi connectivity index (χ1) is 6.76. The van der Waals surface area contributed by atoms with Crippen molar-refractivity contribution < 1.29 is 19.8 Å². The van der Waals surface area contributed by atoms with E-state index in [4.69, 9.17) is 10.2 Å². The summed E-state index contributed by atoms with van der Waals surface area (Å²) in [6, 6.07) is -0.788. The molecule has 0 heterocycles. The molecule has 0 saturated carbocycles. The summed E-state index contributed by atoms with van der Waals surface area (Å²) in [5, 5.41) is 22.4. The van der Waals surface area contributed by atoms with E-state index in [-0.39, 0.29) is 12.1 Å². The number of nitrogens with one attached hydrogen (secondary N) is 2. The summed E-state index contributed by atoms with van der Waals surface area (Å²) in [4.78, 5) is 21.6. The smallest absolute Gasteiger partial charge is 0.322 e. The maximum Gasteiger partial charge on any atom is 0.322 e. The van der Waals surface area contributed by atoms with Crippen LogP contribution in [0.25, 0.3) is 0 Å². The van der Waals surface area contributed by atoms with E-state index in [9.17, 15) is 9.59 Å². The molecule has 4 N–H and O–H groups in total. The zero-order valence-corrected chi connectivity index (χ0v) is 9.20. The number of carbonyl (C=O) groups excluding carboxylic acids is 1. The summed E-state index contributed by atoms with van der Waals surface area (Å²) >= 11 is 0. The van der Waals surface area contributed by atoms with E-state index >= 15 is 0 Å². The average Bonchev–Trinajstić information content (AvgIpc) is 2.08. The molecule has 1 amide bonds. The lowest BCUT2D eigenvalue weighted by atomic mass is 10.1. The van der Waals surface area contributed by atoms with E-state index < -0.39 is 24.5 Å². The van der Waals surface area contributed by atoms with Crippen molar-refractivity contribution in [2.24, 2.45) is 0 Å². The quantitative estimate of drug-likeness (QED) is 0.471. The van der Waals surface area contributed by atoms with Gasteiger partial charge in [0.1, 0.15) is 12.6 Å². The van der Waals surface area contributed by atoms with Gasteiger partial charge >= 0.3 is 5.97 Å². The predicted octanol–water partition coefficient (Wildman–Crippen LogP) is -1.06. The third-order valence-electron chi connectivity index (χ3n) is 1.52. The zero-order chi connectivity index (χ0) is 12.1. The number of carboxylic acids is 1. The number of hydrogen-bond acceptors (Lipinski definition) is 4. The van der Waals surface area contributed by atoms with Gasteiger partial charge in [-0.15, -0.1) is 0 Å².